The molecule has 0 radical (unpaired) electrons. The van der Waals surface area contributed by atoms with Gasteiger partial charge in [-0.2, -0.15) is 0 Å². The molecule has 0 saturated heterocycles. The summed E-state index contributed by atoms with van der Waals surface area (Å²) in [5, 5.41) is 2.90. The minimum atomic E-state index is -3.33. The van der Waals surface area contributed by atoms with Gasteiger partial charge in [-0.05, 0) is 25.2 Å². The molecule has 1 rings (SSSR count). The number of anilines is 1. The smallest absolute Gasteiger partial charge is 0.253 e. The van der Waals surface area contributed by atoms with Crippen LogP contribution in [0.25, 0.3) is 0 Å². The molecule has 4 N–H and O–H groups in total. The fraction of sp³-hybridized carbons (Fsp3) is 0.300. The number of nitrogens with one attached hydrogen (secondary N) is 2. The molecule has 100 valence electrons. The fourth-order valence-electron chi connectivity index (χ4n) is 1.24. The highest BCUT2D eigenvalue weighted by Gasteiger charge is 2.11. The maximum atomic E-state index is 11.7. The number of sulfonamides is 1. The number of amides is 1. The van der Waals surface area contributed by atoms with Crippen molar-refractivity contribution in [2.45, 2.75) is 0 Å². The number of nitrogen functional groups attached to an aromatic ring is 1. The molecule has 8 heteroatoms. The number of halogens is 1. The van der Waals surface area contributed by atoms with Crippen LogP contribution in [-0.4, -0.2) is 33.7 Å². The lowest BCUT2D eigenvalue weighted by Crippen LogP contribution is -2.33. The lowest BCUT2D eigenvalue weighted by molar-refractivity contribution is 0.0957. The lowest BCUT2D eigenvalue weighted by atomic mass is 10.1. The molecule has 1 amide bonds. The number of hydrogen-bond acceptors (Lipinski definition) is 4. The van der Waals surface area contributed by atoms with E-state index in [1.165, 1.54) is 25.2 Å². The van der Waals surface area contributed by atoms with E-state index in [0.717, 1.165) is 0 Å². The van der Waals surface area contributed by atoms with Crippen LogP contribution in [0.4, 0.5) is 5.69 Å². The van der Waals surface area contributed by atoms with E-state index in [4.69, 9.17) is 17.3 Å². The van der Waals surface area contributed by atoms with Crippen molar-refractivity contribution in [3.63, 3.8) is 0 Å². The highest BCUT2D eigenvalue weighted by molar-refractivity contribution is 7.89. The quantitative estimate of drug-likeness (QED) is 0.675. The van der Waals surface area contributed by atoms with Crippen LogP contribution in [0.3, 0.4) is 0 Å². The van der Waals surface area contributed by atoms with Crippen LogP contribution in [0.2, 0.25) is 5.02 Å². The van der Waals surface area contributed by atoms with Gasteiger partial charge < -0.3 is 11.1 Å². The third-order valence-electron chi connectivity index (χ3n) is 2.23. The van der Waals surface area contributed by atoms with E-state index in [1.54, 1.807) is 0 Å². The van der Waals surface area contributed by atoms with E-state index < -0.39 is 15.9 Å². The summed E-state index contributed by atoms with van der Waals surface area (Å²) >= 11 is 5.71. The summed E-state index contributed by atoms with van der Waals surface area (Å²) in [6, 6.07) is 4.48. The third kappa shape index (κ3) is 4.17. The van der Waals surface area contributed by atoms with Crippen molar-refractivity contribution in [1.29, 1.82) is 0 Å². The summed E-state index contributed by atoms with van der Waals surface area (Å²) in [5.74, 6) is -0.626. The highest BCUT2D eigenvalue weighted by atomic mass is 35.5. The molecule has 1 aromatic carbocycles. The third-order valence-corrected chi connectivity index (χ3v) is 3.82. The maximum Gasteiger partial charge on any atom is 0.253 e. The Kier molecular flexibility index (Phi) is 4.94. The number of nitrogens with two attached hydrogens (primary N) is 1. The summed E-state index contributed by atoms with van der Waals surface area (Å²) in [7, 11) is -2.02. The first-order chi connectivity index (χ1) is 8.35. The van der Waals surface area contributed by atoms with E-state index in [1.807, 2.05) is 0 Å². The van der Waals surface area contributed by atoms with Gasteiger partial charge in [0.25, 0.3) is 5.91 Å². The van der Waals surface area contributed by atoms with Crippen LogP contribution >= 0.6 is 11.6 Å². The molecule has 0 saturated carbocycles. The second-order valence-electron chi connectivity index (χ2n) is 3.51. The molecule has 0 bridgehead atoms. The van der Waals surface area contributed by atoms with E-state index >= 15 is 0 Å². The zero-order chi connectivity index (χ0) is 13.8. The molecule has 0 aliphatic rings. The molecule has 0 fully saturated rings. The molecule has 1 aromatic rings. The minimum absolute atomic E-state index is 0.00404. The van der Waals surface area contributed by atoms with E-state index in [2.05, 4.69) is 10.0 Å². The van der Waals surface area contributed by atoms with Crippen LogP contribution in [0.5, 0.6) is 0 Å². The molecule has 0 heterocycles. The first kappa shape index (κ1) is 14.7. The molecule has 0 aliphatic heterocycles. The SMILES string of the molecule is CNS(=O)(=O)CCNC(=O)c1ccc(Cl)cc1N. The molecule has 0 aliphatic carbocycles. The van der Waals surface area contributed by atoms with Gasteiger partial charge in [0.1, 0.15) is 0 Å². The van der Waals surface area contributed by atoms with E-state index in [-0.39, 0.29) is 23.5 Å². The molecule has 0 unspecified atom stereocenters. The van der Waals surface area contributed by atoms with Gasteiger partial charge in [-0.3, -0.25) is 4.79 Å². The summed E-state index contributed by atoms with van der Waals surface area (Å²) < 4.78 is 24.4. The summed E-state index contributed by atoms with van der Waals surface area (Å²) in [6.07, 6.45) is 0. The predicted molar refractivity (Wildman–Crippen MR) is 71.0 cm³/mol. The highest BCUT2D eigenvalue weighted by Crippen LogP contribution is 2.17. The van der Waals surface area contributed by atoms with Gasteiger partial charge in [0, 0.05) is 17.3 Å². The summed E-state index contributed by atoms with van der Waals surface area (Å²) in [5.41, 5.74) is 6.14. The van der Waals surface area contributed by atoms with Crippen LogP contribution in [0.15, 0.2) is 18.2 Å². The zero-order valence-corrected chi connectivity index (χ0v) is 11.3. The van der Waals surface area contributed by atoms with Gasteiger partial charge in [-0.25, -0.2) is 13.1 Å². The van der Waals surface area contributed by atoms with Gasteiger partial charge >= 0.3 is 0 Å². The van der Waals surface area contributed by atoms with Crippen molar-refractivity contribution in [1.82, 2.24) is 10.0 Å². The van der Waals surface area contributed by atoms with Gasteiger partial charge in [0.05, 0.1) is 11.3 Å². The topological polar surface area (TPSA) is 101 Å². The first-order valence-corrected chi connectivity index (χ1v) is 7.13. The second kappa shape index (κ2) is 6.03. The Hall–Kier alpha value is -1.31. The van der Waals surface area contributed by atoms with Gasteiger partial charge in [-0.1, -0.05) is 11.6 Å². The molecule has 18 heavy (non-hydrogen) atoms. The largest absolute Gasteiger partial charge is 0.398 e. The monoisotopic (exact) mass is 291 g/mol. The van der Waals surface area contributed by atoms with Gasteiger partial charge in [0.15, 0.2) is 0 Å². The lowest BCUT2D eigenvalue weighted by Gasteiger charge is -2.07. The Morgan fingerprint density at radius 2 is 2.11 bits per heavy atom. The first-order valence-electron chi connectivity index (χ1n) is 5.10. The van der Waals surface area contributed by atoms with Crippen LogP contribution in [0, 0.1) is 0 Å². The Bertz CT molecular complexity index is 545. The molecule has 6 nitrogen and oxygen atoms in total. The fourth-order valence-corrected chi connectivity index (χ4v) is 1.99. The molecule has 0 spiro atoms. The number of benzene rings is 1. The Balaban J connectivity index is 2.61. The van der Waals surface area contributed by atoms with Crippen LogP contribution < -0.4 is 15.8 Å². The van der Waals surface area contributed by atoms with Crippen molar-refractivity contribution in [3.05, 3.63) is 28.8 Å². The van der Waals surface area contributed by atoms with Crippen molar-refractivity contribution >= 4 is 33.2 Å². The number of hydrogen-bond donors (Lipinski definition) is 3. The summed E-state index contributed by atoms with van der Waals surface area (Å²) in [6.45, 7) is 0.00404. The van der Waals surface area contributed by atoms with Crippen molar-refractivity contribution in [2.24, 2.45) is 0 Å². The van der Waals surface area contributed by atoms with E-state index in [0.29, 0.717) is 5.02 Å². The molecule has 0 atom stereocenters. The average molecular weight is 292 g/mol. The van der Waals surface area contributed by atoms with Crippen molar-refractivity contribution in [3.8, 4) is 0 Å². The van der Waals surface area contributed by atoms with Crippen LogP contribution in [-0.2, 0) is 10.0 Å². The van der Waals surface area contributed by atoms with Crippen molar-refractivity contribution in [2.75, 3.05) is 25.1 Å². The van der Waals surface area contributed by atoms with E-state index in [9.17, 15) is 13.2 Å². The Labute approximate surface area is 111 Å². The van der Waals surface area contributed by atoms with Crippen molar-refractivity contribution < 1.29 is 13.2 Å². The normalized spacial score (nSPS) is 11.2. The zero-order valence-electron chi connectivity index (χ0n) is 9.73. The second-order valence-corrected chi connectivity index (χ2v) is 5.99. The molecular weight excluding hydrogens is 278 g/mol. The Morgan fingerprint density at radius 3 is 2.67 bits per heavy atom. The summed E-state index contributed by atoms with van der Waals surface area (Å²) in [4.78, 5) is 11.7. The minimum Gasteiger partial charge on any atom is -0.398 e. The van der Waals surface area contributed by atoms with Gasteiger partial charge in [-0.15, -0.1) is 0 Å². The number of carbonyl (C=O) groups is 1. The standard InChI is InChI=1S/C10H14ClN3O3S/c1-13-18(16,17)5-4-14-10(15)8-3-2-7(11)6-9(8)12/h2-3,6,13H,4-5,12H2,1H3,(H,14,15). The van der Waals surface area contributed by atoms with Crippen LogP contribution in [0.1, 0.15) is 10.4 Å². The average Bonchev–Trinajstić information content (AvgIpc) is 2.28. The molecular formula is C10H14ClN3O3S. The molecule has 0 aromatic heterocycles. The Morgan fingerprint density at radius 1 is 1.44 bits per heavy atom. The number of rotatable bonds is 5. The number of carbonyl (C=O) groups excluding carboxylic acids is 1. The predicted octanol–water partition coefficient (Wildman–Crippen LogP) is 0.201. The van der Waals surface area contributed by atoms with Gasteiger partial charge in [0.2, 0.25) is 10.0 Å². The maximum absolute atomic E-state index is 11.7.